The highest BCUT2D eigenvalue weighted by molar-refractivity contribution is 5.85. The van der Waals surface area contributed by atoms with Gasteiger partial charge in [0.2, 0.25) is 0 Å². The molecule has 0 aromatic carbocycles. The highest BCUT2D eigenvalue weighted by atomic mass is 19.1. The van der Waals surface area contributed by atoms with Crippen LogP contribution in [0.2, 0.25) is 0 Å². The Morgan fingerprint density at radius 3 is 2.59 bits per heavy atom. The van der Waals surface area contributed by atoms with Gasteiger partial charge >= 0.3 is 0 Å². The van der Waals surface area contributed by atoms with Gasteiger partial charge in [-0.1, -0.05) is 6.07 Å². The maximum atomic E-state index is 13.4. The summed E-state index contributed by atoms with van der Waals surface area (Å²) in [6, 6.07) is 7.08. The number of hydrogen-bond donors (Lipinski definition) is 3. The largest absolute Gasteiger partial charge is 0.368 e. The van der Waals surface area contributed by atoms with Crippen LogP contribution in [-0.4, -0.2) is 53.5 Å². The number of aryl methyl sites for hydroxylation is 2. The van der Waals surface area contributed by atoms with Crippen LogP contribution in [0.25, 0.3) is 5.82 Å². The molecule has 1 amide bonds. The Morgan fingerprint density at radius 1 is 1.18 bits per heavy atom. The molecule has 3 N–H and O–H groups in total. The molecule has 1 saturated carbocycles. The second-order valence-electron chi connectivity index (χ2n) is 10.0. The van der Waals surface area contributed by atoms with Crippen LogP contribution >= 0.6 is 0 Å². The molecule has 4 heterocycles. The van der Waals surface area contributed by atoms with Gasteiger partial charge in [0.15, 0.2) is 17.5 Å². The van der Waals surface area contributed by atoms with Crippen LogP contribution in [0.5, 0.6) is 0 Å². The number of methoxy groups -OCH3 is 1. The SMILES string of the molecule is COC1(C(=O)NC(C)c2ccc(-n3cc(F)cn3)nc2)CCC(c2nc(C)cc(Nc3cc(C)[nH]n3)n2)CC1. The third-order valence-electron chi connectivity index (χ3n) is 7.20. The molecule has 0 aliphatic heterocycles. The Bertz CT molecular complexity index is 1440. The van der Waals surface area contributed by atoms with Gasteiger partial charge in [-0.05, 0) is 58.1 Å². The molecule has 0 radical (unpaired) electrons. The van der Waals surface area contributed by atoms with E-state index in [0.29, 0.717) is 30.3 Å². The molecule has 1 unspecified atom stereocenters. The fraction of sp³-hybridized carbons (Fsp3) is 0.407. The number of carbonyl (C=O) groups excluding carboxylic acids is 1. The molecule has 1 aliphatic carbocycles. The Kier molecular flexibility index (Phi) is 7.38. The minimum atomic E-state index is -0.928. The third kappa shape index (κ3) is 5.80. The first-order chi connectivity index (χ1) is 18.7. The molecular formula is C27H32FN9O2. The molecule has 0 saturated heterocycles. The Hall–Kier alpha value is -4.19. The van der Waals surface area contributed by atoms with E-state index in [9.17, 15) is 9.18 Å². The smallest absolute Gasteiger partial charge is 0.252 e. The monoisotopic (exact) mass is 533 g/mol. The van der Waals surface area contributed by atoms with Crippen molar-refractivity contribution < 1.29 is 13.9 Å². The number of carbonyl (C=O) groups is 1. The van der Waals surface area contributed by atoms with Crippen LogP contribution in [0.1, 0.15) is 67.3 Å². The first kappa shape index (κ1) is 26.4. The van der Waals surface area contributed by atoms with Crippen molar-refractivity contribution in [2.24, 2.45) is 0 Å². The number of pyridine rings is 1. The predicted octanol–water partition coefficient (Wildman–Crippen LogP) is 4.20. The molecule has 11 nitrogen and oxygen atoms in total. The van der Waals surface area contributed by atoms with Gasteiger partial charge in [0.05, 0.1) is 18.4 Å². The number of H-pyrrole nitrogens is 1. The van der Waals surface area contributed by atoms with Gasteiger partial charge in [-0.15, -0.1) is 0 Å². The maximum Gasteiger partial charge on any atom is 0.252 e. The molecular weight excluding hydrogens is 501 g/mol. The molecule has 39 heavy (non-hydrogen) atoms. The van der Waals surface area contributed by atoms with Crippen LogP contribution in [0, 0.1) is 19.7 Å². The van der Waals surface area contributed by atoms with Gasteiger partial charge in [-0.25, -0.2) is 24.0 Å². The van der Waals surface area contributed by atoms with Gasteiger partial charge in [0.1, 0.15) is 17.2 Å². The first-order valence-corrected chi connectivity index (χ1v) is 12.9. The van der Waals surface area contributed by atoms with E-state index in [1.165, 1.54) is 10.9 Å². The fourth-order valence-corrected chi connectivity index (χ4v) is 4.94. The van der Waals surface area contributed by atoms with Gasteiger partial charge in [0.25, 0.3) is 5.91 Å². The number of anilines is 2. The summed E-state index contributed by atoms with van der Waals surface area (Å²) < 4.78 is 20.5. The lowest BCUT2D eigenvalue weighted by Gasteiger charge is -2.38. The molecule has 0 spiro atoms. The van der Waals surface area contributed by atoms with Crippen LogP contribution in [0.3, 0.4) is 0 Å². The number of rotatable bonds is 8. The normalized spacial score (nSPS) is 20.0. The summed E-state index contributed by atoms with van der Waals surface area (Å²) in [7, 11) is 1.58. The van der Waals surface area contributed by atoms with E-state index in [4.69, 9.17) is 9.72 Å². The van der Waals surface area contributed by atoms with Crippen molar-refractivity contribution >= 4 is 17.5 Å². The number of hydrogen-bond acceptors (Lipinski definition) is 8. The Balaban J connectivity index is 1.22. The Labute approximate surface area is 225 Å². The van der Waals surface area contributed by atoms with Crippen molar-refractivity contribution in [3.05, 3.63) is 71.4 Å². The summed E-state index contributed by atoms with van der Waals surface area (Å²) in [4.78, 5) is 27.2. The van der Waals surface area contributed by atoms with Crippen molar-refractivity contribution in [1.29, 1.82) is 0 Å². The topological polar surface area (TPSA) is 136 Å². The van der Waals surface area contributed by atoms with E-state index in [1.807, 2.05) is 39.0 Å². The standard InChI is InChI=1S/C27H32FN9O2/c1-16-11-22(33-23-12-17(2)35-36-23)34-25(31-16)19-7-9-27(39-4,10-8-19)26(38)32-18(3)20-5-6-24(29-13-20)37-15-21(28)14-30-37/h5-6,11-15,18-19H,7-10H2,1-4H3,(H,32,38)(H2,31,33,34,35,36). The number of amides is 1. The van der Waals surface area contributed by atoms with Crippen molar-refractivity contribution in [1.82, 2.24) is 40.2 Å². The number of halogens is 1. The second kappa shape index (κ2) is 10.9. The maximum absolute atomic E-state index is 13.4. The van der Waals surface area contributed by atoms with Crippen molar-refractivity contribution in [3.8, 4) is 5.82 Å². The third-order valence-corrected chi connectivity index (χ3v) is 7.20. The molecule has 204 valence electrons. The number of nitrogens with one attached hydrogen (secondary N) is 3. The number of ether oxygens (including phenoxy) is 1. The van der Waals surface area contributed by atoms with E-state index in [2.05, 4.69) is 35.9 Å². The average Bonchev–Trinajstić information content (AvgIpc) is 3.55. The van der Waals surface area contributed by atoms with Crippen LogP contribution in [0.4, 0.5) is 16.0 Å². The number of aromatic amines is 1. The molecule has 1 atom stereocenters. The van der Waals surface area contributed by atoms with E-state index in [0.717, 1.165) is 41.8 Å². The lowest BCUT2D eigenvalue weighted by atomic mass is 9.77. The van der Waals surface area contributed by atoms with Gasteiger partial charge < -0.3 is 15.4 Å². The molecule has 1 fully saturated rings. The summed E-state index contributed by atoms with van der Waals surface area (Å²) in [5, 5.41) is 17.4. The molecule has 4 aromatic rings. The highest BCUT2D eigenvalue weighted by Gasteiger charge is 2.43. The zero-order valence-corrected chi connectivity index (χ0v) is 22.4. The van der Waals surface area contributed by atoms with Crippen LogP contribution < -0.4 is 10.6 Å². The van der Waals surface area contributed by atoms with E-state index in [-0.39, 0.29) is 17.9 Å². The van der Waals surface area contributed by atoms with Crippen molar-refractivity contribution in [2.45, 2.75) is 64.0 Å². The number of nitrogens with zero attached hydrogens (tertiary/aromatic N) is 6. The zero-order valence-electron chi connectivity index (χ0n) is 22.4. The molecule has 1 aliphatic rings. The van der Waals surface area contributed by atoms with Gasteiger partial charge in [0, 0.05) is 42.7 Å². The predicted molar refractivity (Wildman–Crippen MR) is 142 cm³/mol. The van der Waals surface area contributed by atoms with Gasteiger partial charge in [-0.2, -0.15) is 10.2 Å². The quantitative estimate of drug-likeness (QED) is 0.307. The highest BCUT2D eigenvalue weighted by Crippen LogP contribution is 2.39. The van der Waals surface area contributed by atoms with Crippen molar-refractivity contribution in [3.63, 3.8) is 0 Å². The fourth-order valence-electron chi connectivity index (χ4n) is 4.94. The molecule has 12 heteroatoms. The molecule has 4 aromatic heterocycles. The summed E-state index contributed by atoms with van der Waals surface area (Å²) in [5.41, 5.74) is 1.71. The lowest BCUT2D eigenvalue weighted by molar-refractivity contribution is -0.148. The lowest BCUT2D eigenvalue weighted by Crippen LogP contribution is -2.50. The van der Waals surface area contributed by atoms with Crippen LogP contribution in [-0.2, 0) is 9.53 Å². The summed E-state index contributed by atoms with van der Waals surface area (Å²) >= 11 is 0. The second-order valence-corrected chi connectivity index (χ2v) is 10.0. The summed E-state index contributed by atoms with van der Waals surface area (Å²) in [6.45, 7) is 5.78. The van der Waals surface area contributed by atoms with E-state index >= 15 is 0 Å². The minimum Gasteiger partial charge on any atom is -0.368 e. The minimum absolute atomic E-state index is 0.115. The summed E-state index contributed by atoms with van der Waals surface area (Å²) in [5.74, 6) is 2.16. The average molecular weight is 534 g/mol. The van der Waals surface area contributed by atoms with Crippen LogP contribution in [0.15, 0.2) is 42.9 Å². The Morgan fingerprint density at radius 2 is 1.97 bits per heavy atom. The van der Waals surface area contributed by atoms with Gasteiger partial charge in [-0.3, -0.25) is 9.89 Å². The van der Waals surface area contributed by atoms with Crippen molar-refractivity contribution in [2.75, 3.05) is 12.4 Å². The molecule has 5 rings (SSSR count). The molecule has 0 bridgehead atoms. The number of aromatic nitrogens is 7. The zero-order chi connectivity index (χ0) is 27.6. The van der Waals surface area contributed by atoms with E-state index < -0.39 is 11.4 Å². The van der Waals surface area contributed by atoms with E-state index in [1.54, 1.807) is 19.4 Å². The first-order valence-electron chi connectivity index (χ1n) is 12.9. The summed E-state index contributed by atoms with van der Waals surface area (Å²) in [6.07, 6.45) is 6.57.